The van der Waals surface area contributed by atoms with Crippen LogP contribution in [0, 0.1) is 0 Å². The molecule has 0 heterocycles. The van der Waals surface area contributed by atoms with Gasteiger partial charge in [0, 0.05) is 18.1 Å². The average Bonchev–Trinajstić information content (AvgIpc) is 2.47. The van der Waals surface area contributed by atoms with Crippen LogP contribution in [0.5, 0.6) is 0 Å². The minimum absolute atomic E-state index is 0.0777. The first-order valence-corrected chi connectivity index (χ1v) is 8.37. The predicted molar refractivity (Wildman–Crippen MR) is 82.5 cm³/mol. The number of nitrogens with zero attached hydrogens (tertiary/aromatic N) is 1. The van der Waals surface area contributed by atoms with Gasteiger partial charge in [-0.3, -0.25) is 9.69 Å². The molecule has 4 nitrogen and oxygen atoms in total. The summed E-state index contributed by atoms with van der Waals surface area (Å²) in [5, 5.41) is 3.23. The van der Waals surface area contributed by atoms with Crippen molar-refractivity contribution in [2.45, 2.75) is 88.9 Å². The SMILES string of the molecule is CC(C(=O)NC1CCCCC1)N(C)C1CCCCC1N. The van der Waals surface area contributed by atoms with Crippen molar-refractivity contribution in [3.63, 3.8) is 0 Å². The molecule has 0 bridgehead atoms. The van der Waals surface area contributed by atoms with Crippen molar-refractivity contribution in [1.29, 1.82) is 0 Å². The van der Waals surface area contributed by atoms with Gasteiger partial charge in [-0.1, -0.05) is 32.1 Å². The van der Waals surface area contributed by atoms with Crippen molar-refractivity contribution in [3.05, 3.63) is 0 Å². The summed E-state index contributed by atoms with van der Waals surface area (Å²) in [4.78, 5) is 14.6. The quantitative estimate of drug-likeness (QED) is 0.829. The lowest BCUT2D eigenvalue weighted by Gasteiger charge is -2.39. The van der Waals surface area contributed by atoms with E-state index in [0.717, 1.165) is 25.7 Å². The maximum atomic E-state index is 12.4. The molecule has 0 aromatic heterocycles. The minimum Gasteiger partial charge on any atom is -0.352 e. The van der Waals surface area contributed by atoms with Gasteiger partial charge in [-0.05, 0) is 39.7 Å². The summed E-state index contributed by atoms with van der Waals surface area (Å²) in [6, 6.07) is 0.896. The average molecular weight is 281 g/mol. The molecule has 1 amide bonds. The summed E-state index contributed by atoms with van der Waals surface area (Å²) >= 11 is 0. The zero-order chi connectivity index (χ0) is 14.5. The standard InChI is InChI=1S/C16H31N3O/c1-12(16(20)18-13-8-4-3-5-9-13)19(2)15-11-7-6-10-14(15)17/h12-15H,3-11,17H2,1-2H3,(H,18,20). The topological polar surface area (TPSA) is 58.4 Å². The van der Waals surface area contributed by atoms with Crippen LogP contribution < -0.4 is 11.1 Å². The second-order valence-corrected chi connectivity index (χ2v) is 6.70. The van der Waals surface area contributed by atoms with Crippen molar-refractivity contribution in [1.82, 2.24) is 10.2 Å². The first kappa shape index (κ1) is 15.8. The Morgan fingerprint density at radius 3 is 2.35 bits per heavy atom. The van der Waals surface area contributed by atoms with Gasteiger partial charge >= 0.3 is 0 Å². The zero-order valence-corrected chi connectivity index (χ0v) is 13.1. The summed E-state index contributed by atoms with van der Waals surface area (Å²) in [5.74, 6) is 0.178. The van der Waals surface area contributed by atoms with Crippen molar-refractivity contribution in [3.8, 4) is 0 Å². The fourth-order valence-electron chi connectivity index (χ4n) is 3.69. The van der Waals surface area contributed by atoms with E-state index in [1.807, 2.05) is 6.92 Å². The van der Waals surface area contributed by atoms with Gasteiger partial charge in [0.25, 0.3) is 0 Å². The third-order valence-electron chi connectivity index (χ3n) is 5.25. The summed E-state index contributed by atoms with van der Waals surface area (Å²) in [6.45, 7) is 2.01. The highest BCUT2D eigenvalue weighted by atomic mass is 16.2. The molecule has 3 atom stereocenters. The van der Waals surface area contributed by atoms with Crippen LogP contribution in [0.4, 0.5) is 0 Å². The lowest BCUT2D eigenvalue weighted by atomic mass is 9.89. The molecule has 2 saturated carbocycles. The Morgan fingerprint density at radius 1 is 1.10 bits per heavy atom. The Kier molecular flexibility index (Phi) is 5.85. The van der Waals surface area contributed by atoms with E-state index in [1.165, 1.54) is 32.1 Å². The van der Waals surface area contributed by atoms with Gasteiger partial charge in [0.15, 0.2) is 0 Å². The van der Waals surface area contributed by atoms with E-state index in [2.05, 4.69) is 17.3 Å². The van der Waals surface area contributed by atoms with Crippen LogP contribution in [0.2, 0.25) is 0 Å². The Morgan fingerprint density at radius 2 is 1.70 bits per heavy atom. The Labute approximate surface area is 123 Å². The molecule has 3 unspecified atom stereocenters. The normalized spacial score (nSPS) is 30.2. The zero-order valence-electron chi connectivity index (χ0n) is 13.1. The third kappa shape index (κ3) is 3.95. The monoisotopic (exact) mass is 281 g/mol. The number of rotatable bonds is 4. The van der Waals surface area contributed by atoms with E-state index in [9.17, 15) is 4.79 Å². The van der Waals surface area contributed by atoms with Crippen LogP contribution in [0.1, 0.15) is 64.7 Å². The van der Waals surface area contributed by atoms with Crippen LogP contribution in [0.25, 0.3) is 0 Å². The lowest BCUT2D eigenvalue weighted by molar-refractivity contribution is -0.127. The van der Waals surface area contributed by atoms with E-state index in [1.54, 1.807) is 0 Å². The predicted octanol–water partition coefficient (Wildman–Crippen LogP) is 2.03. The molecule has 0 aromatic rings. The van der Waals surface area contributed by atoms with Crippen LogP contribution in [0.3, 0.4) is 0 Å². The molecule has 2 aliphatic carbocycles. The molecule has 20 heavy (non-hydrogen) atoms. The molecule has 2 fully saturated rings. The van der Waals surface area contributed by atoms with E-state index in [0.29, 0.717) is 12.1 Å². The Bertz CT molecular complexity index is 315. The highest BCUT2D eigenvalue weighted by Crippen LogP contribution is 2.23. The van der Waals surface area contributed by atoms with Crippen LogP contribution in [0.15, 0.2) is 0 Å². The van der Waals surface area contributed by atoms with Gasteiger partial charge < -0.3 is 11.1 Å². The van der Waals surface area contributed by atoms with Crippen molar-refractivity contribution >= 4 is 5.91 Å². The number of hydrogen-bond donors (Lipinski definition) is 2. The Hall–Kier alpha value is -0.610. The van der Waals surface area contributed by atoms with E-state index in [4.69, 9.17) is 5.73 Å². The van der Waals surface area contributed by atoms with Gasteiger partial charge in [0.05, 0.1) is 6.04 Å². The number of nitrogens with two attached hydrogens (primary N) is 1. The molecule has 3 N–H and O–H groups in total. The molecular weight excluding hydrogens is 250 g/mol. The molecule has 4 heteroatoms. The van der Waals surface area contributed by atoms with Gasteiger partial charge in [-0.15, -0.1) is 0 Å². The second-order valence-electron chi connectivity index (χ2n) is 6.70. The number of hydrogen-bond acceptors (Lipinski definition) is 3. The van der Waals surface area contributed by atoms with Crippen molar-refractivity contribution in [2.75, 3.05) is 7.05 Å². The lowest BCUT2D eigenvalue weighted by Crippen LogP contribution is -2.55. The minimum atomic E-state index is -0.0777. The van der Waals surface area contributed by atoms with Crippen LogP contribution in [-0.2, 0) is 4.79 Å². The van der Waals surface area contributed by atoms with Gasteiger partial charge in [-0.2, -0.15) is 0 Å². The number of carbonyl (C=O) groups is 1. The summed E-state index contributed by atoms with van der Waals surface area (Å²) in [6.07, 6.45) is 10.8. The first-order valence-electron chi connectivity index (χ1n) is 8.37. The summed E-state index contributed by atoms with van der Waals surface area (Å²) < 4.78 is 0. The molecule has 116 valence electrons. The van der Waals surface area contributed by atoms with Crippen LogP contribution >= 0.6 is 0 Å². The fourth-order valence-corrected chi connectivity index (χ4v) is 3.69. The summed E-state index contributed by atoms with van der Waals surface area (Å²) in [7, 11) is 2.06. The molecule has 2 aliphatic rings. The molecule has 0 saturated heterocycles. The molecule has 0 aliphatic heterocycles. The molecular formula is C16H31N3O. The van der Waals surface area contributed by atoms with Crippen molar-refractivity contribution in [2.24, 2.45) is 5.73 Å². The van der Waals surface area contributed by atoms with E-state index < -0.39 is 0 Å². The largest absolute Gasteiger partial charge is 0.352 e. The summed E-state index contributed by atoms with van der Waals surface area (Å²) in [5.41, 5.74) is 6.23. The highest BCUT2D eigenvalue weighted by Gasteiger charge is 2.31. The first-order chi connectivity index (χ1) is 9.59. The maximum absolute atomic E-state index is 12.4. The van der Waals surface area contributed by atoms with E-state index in [-0.39, 0.29) is 18.0 Å². The highest BCUT2D eigenvalue weighted by molar-refractivity contribution is 5.81. The van der Waals surface area contributed by atoms with Gasteiger partial charge in [-0.25, -0.2) is 0 Å². The number of nitrogens with one attached hydrogen (secondary N) is 1. The molecule has 2 rings (SSSR count). The number of likely N-dealkylation sites (N-methyl/N-ethyl adjacent to an activating group) is 1. The van der Waals surface area contributed by atoms with Crippen molar-refractivity contribution < 1.29 is 4.79 Å². The number of carbonyl (C=O) groups excluding carboxylic acids is 1. The number of amides is 1. The Balaban J connectivity index is 1.84. The second kappa shape index (κ2) is 7.41. The third-order valence-corrected chi connectivity index (χ3v) is 5.25. The van der Waals surface area contributed by atoms with Gasteiger partial charge in [0.1, 0.15) is 0 Å². The maximum Gasteiger partial charge on any atom is 0.237 e. The molecule has 0 radical (unpaired) electrons. The van der Waals surface area contributed by atoms with Crippen LogP contribution in [-0.4, -0.2) is 42.0 Å². The fraction of sp³-hybridized carbons (Fsp3) is 0.938. The van der Waals surface area contributed by atoms with E-state index >= 15 is 0 Å². The molecule has 0 spiro atoms. The van der Waals surface area contributed by atoms with Gasteiger partial charge in [0.2, 0.25) is 5.91 Å². The molecule has 0 aromatic carbocycles. The smallest absolute Gasteiger partial charge is 0.237 e.